The highest BCUT2D eigenvalue weighted by Gasteiger charge is 2.39. The van der Waals surface area contributed by atoms with Gasteiger partial charge in [0.25, 0.3) is 0 Å². The zero-order valence-corrected chi connectivity index (χ0v) is 30.1. The van der Waals surface area contributed by atoms with E-state index in [0.29, 0.717) is 24.9 Å². The summed E-state index contributed by atoms with van der Waals surface area (Å²) in [4.78, 5) is 14.3. The number of esters is 1. The molecule has 6 nitrogen and oxygen atoms in total. The van der Waals surface area contributed by atoms with Crippen molar-refractivity contribution in [2.24, 2.45) is 0 Å². The van der Waals surface area contributed by atoms with Crippen LogP contribution in [0.2, 0.25) is 18.1 Å². The number of hydrogen-bond acceptors (Lipinski definition) is 5. The molecule has 8 heteroatoms. The number of carbonyl (C=O) groups is 1. The smallest absolute Gasteiger partial charge is 0.340 e. The minimum absolute atomic E-state index is 0.0117. The molecule has 0 amide bonds. The molecule has 0 aliphatic heterocycles. The first-order valence-corrected chi connectivity index (χ1v) is 19.3. The number of aliphatic hydroxyl groups is 1. The summed E-state index contributed by atoms with van der Waals surface area (Å²) in [6.45, 7) is 15.9. The first-order chi connectivity index (χ1) is 22.3. The van der Waals surface area contributed by atoms with Gasteiger partial charge in [-0.25, -0.2) is 9.18 Å². The molecule has 4 aromatic rings. The molecule has 0 spiro atoms. The Morgan fingerprint density at radius 2 is 1.55 bits per heavy atom. The van der Waals surface area contributed by atoms with Gasteiger partial charge in [0.2, 0.25) is 0 Å². The first kappa shape index (κ1) is 36.1. The summed E-state index contributed by atoms with van der Waals surface area (Å²) >= 11 is 0. The standard InChI is InChI=1S/C39H50FNO5Si/c1-27(2)36-35(38(43)45-26-28-14-20-32(44-6)21-15-28)34(29-12-10-9-11-13-29)37(30-16-18-31(40)19-17-30)41(36)24-22-33(23-25-42)46-47(7,8)39(3,4)5/h9-21,27,33,42H,22-26H2,1-8H3/t33-/m1/s1. The number of nitrogens with zero attached hydrogens (tertiary/aromatic N) is 1. The van der Waals surface area contributed by atoms with Crippen LogP contribution in [0, 0.1) is 5.82 Å². The second-order valence-corrected chi connectivity index (χ2v) is 18.6. The fourth-order valence-electron chi connectivity index (χ4n) is 5.69. The third kappa shape index (κ3) is 8.60. The Labute approximate surface area is 280 Å². The highest BCUT2D eigenvalue weighted by atomic mass is 28.4. The fraction of sp³-hybridized carbons (Fsp3) is 0.410. The number of aliphatic hydroxyl groups excluding tert-OH is 1. The predicted octanol–water partition coefficient (Wildman–Crippen LogP) is 9.61. The molecule has 0 saturated carbocycles. The average Bonchev–Trinajstić information content (AvgIpc) is 3.38. The largest absolute Gasteiger partial charge is 0.497 e. The van der Waals surface area contributed by atoms with Crippen molar-refractivity contribution in [3.8, 4) is 28.1 Å². The van der Waals surface area contributed by atoms with E-state index in [1.165, 1.54) is 12.1 Å². The molecule has 0 unspecified atom stereocenters. The molecule has 1 heterocycles. The molecular weight excluding hydrogens is 610 g/mol. The summed E-state index contributed by atoms with van der Waals surface area (Å²) in [6, 6.07) is 23.7. The van der Waals surface area contributed by atoms with Gasteiger partial charge in [0.05, 0.1) is 18.4 Å². The van der Waals surface area contributed by atoms with Gasteiger partial charge in [0, 0.05) is 30.5 Å². The molecule has 1 aromatic heterocycles. The SMILES string of the molecule is COc1ccc(COC(=O)c2c(-c3ccccc3)c(-c3ccc(F)cc3)n(CC[C@H](CCO)O[Si](C)(C)C(C)(C)C)c2C(C)C)cc1. The Balaban J connectivity index is 1.88. The van der Waals surface area contributed by atoms with Crippen LogP contribution < -0.4 is 4.74 Å². The van der Waals surface area contributed by atoms with Gasteiger partial charge in [0.15, 0.2) is 8.32 Å². The minimum atomic E-state index is -2.13. The zero-order valence-electron chi connectivity index (χ0n) is 29.1. The lowest BCUT2D eigenvalue weighted by molar-refractivity contribution is 0.0471. The van der Waals surface area contributed by atoms with E-state index < -0.39 is 14.3 Å². The van der Waals surface area contributed by atoms with Crippen molar-refractivity contribution in [2.45, 2.75) is 90.8 Å². The lowest BCUT2D eigenvalue weighted by Gasteiger charge is -2.39. The quantitative estimate of drug-likeness (QED) is 0.108. The molecule has 0 bridgehead atoms. The van der Waals surface area contributed by atoms with Crippen LogP contribution in [-0.2, 0) is 22.3 Å². The molecule has 1 atom stereocenters. The number of benzene rings is 3. The van der Waals surface area contributed by atoms with Crippen molar-refractivity contribution in [1.29, 1.82) is 0 Å². The van der Waals surface area contributed by atoms with Crippen molar-refractivity contribution in [1.82, 2.24) is 4.57 Å². The van der Waals surface area contributed by atoms with E-state index in [2.05, 4.69) is 52.3 Å². The van der Waals surface area contributed by atoms with Gasteiger partial charge < -0.3 is 23.6 Å². The van der Waals surface area contributed by atoms with Crippen LogP contribution in [-0.4, -0.2) is 43.8 Å². The Morgan fingerprint density at radius 3 is 2.11 bits per heavy atom. The van der Waals surface area contributed by atoms with Gasteiger partial charge >= 0.3 is 5.97 Å². The van der Waals surface area contributed by atoms with E-state index in [1.807, 2.05) is 54.6 Å². The Hall–Kier alpha value is -3.72. The van der Waals surface area contributed by atoms with Crippen molar-refractivity contribution in [3.63, 3.8) is 0 Å². The molecule has 0 fully saturated rings. The third-order valence-corrected chi connectivity index (χ3v) is 13.7. The van der Waals surface area contributed by atoms with E-state index in [0.717, 1.165) is 39.4 Å². The van der Waals surface area contributed by atoms with E-state index in [-0.39, 0.29) is 36.1 Å². The summed E-state index contributed by atoms with van der Waals surface area (Å²) in [7, 11) is -0.518. The van der Waals surface area contributed by atoms with Gasteiger partial charge in [-0.1, -0.05) is 77.1 Å². The van der Waals surface area contributed by atoms with Crippen LogP contribution in [0.3, 0.4) is 0 Å². The van der Waals surface area contributed by atoms with Crippen LogP contribution in [0.1, 0.15) is 75.0 Å². The minimum Gasteiger partial charge on any atom is -0.497 e. The van der Waals surface area contributed by atoms with Gasteiger partial charge in [-0.05, 0) is 90.0 Å². The summed E-state index contributed by atoms with van der Waals surface area (Å²) in [5.41, 5.74) is 5.44. The number of halogens is 1. The lowest BCUT2D eigenvalue weighted by Crippen LogP contribution is -2.44. The van der Waals surface area contributed by atoms with E-state index in [9.17, 15) is 14.3 Å². The van der Waals surface area contributed by atoms with Crippen LogP contribution in [0.4, 0.5) is 4.39 Å². The van der Waals surface area contributed by atoms with Crippen LogP contribution in [0.15, 0.2) is 78.9 Å². The molecule has 0 radical (unpaired) electrons. The Morgan fingerprint density at radius 1 is 0.915 bits per heavy atom. The zero-order chi connectivity index (χ0) is 34.4. The molecule has 4 rings (SSSR count). The molecule has 0 aliphatic carbocycles. The van der Waals surface area contributed by atoms with Crippen LogP contribution >= 0.6 is 0 Å². The Kier molecular flexibility index (Phi) is 11.9. The predicted molar refractivity (Wildman–Crippen MR) is 190 cm³/mol. The fourth-order valence-corrected chi connectivity index (χ4v) is 7.11. The van der Waals surface area contributed by atoms with Crippen LogP contribution in [0.25, 0.3) is 22.4 Å². The van der Waals surface area contributed by atoms with Crippen LogP contribution in [0.5, 0.6) is 5.75 Å². The second-order valence-electron chi connectivity index (χ2n) is 13.9. The third-order valence-electron chi connectivity index (χ3n) is 9.16. The first-order valence-electron chi connectivity index (χ1n) is 16.4. The Bertz CT molecular complexity index is 1610. The number of rotatable bonds is 14. The van der Waals surface area contributed by atoms with Crippen molar-refractivity contribution >= 4 is 14.3 Å². The summed E-state index contributed by atoms with van der Waals surface area (Å²) in [5.74, 6) is -0.0728. The number of carbonyl (C=O) groups excluding carboxylic acids is 1. The molecule has 3 aromatic carbocycles. The molecule has 1 N–H and O–H groups in total. The molecule has 47 heavy (non-hydrogen) atoms. The van der Waals surface area contributed by atoms with Crippen molar-refractivity contribution in [3.05, 3.63) is 102 Å². The van der Waals surface area contributed by atoms with Crippen molar-refractivity contribution < 1.29 is 28.2 Å². The monoisotopic (exact) mass is 659 g/mol. The van der Waals surface area contributed by atoms with Crippen molar-refractivity contribution in [2.75, 3.05) is 13.7 Å². The number of aromatic nitrogens is 1. The maximum atomic E-state index is 14.3. The summed E-state index contributed by atoms with van der Waals surface area (Å²) in [6.07, 6.45) is 0.971. The molecular formula is C39H50FNO5Si. The van der Waals surface area contributed by atoms with E-state index >= 15 is 0 Å². The number of hydrogen-bond donors (Lipinski definition) is 1. The highest BCUT2D eigenvalue weighted by molar-refractivity contribution is 6.74. The maximum absolute atomic E-state index is 14.3. The maximum Gasteiger partial charge on any atom is 0.340 e. The second kappa shape index (κ2) is 15.5. The molecule has 0 aliphatic rings. The van der Waals surface area contributed by atoms with E-state index in [1.54, 1.807) is 19.2 Å². The number of ether oxygens (including phenoxy) is 2. The lowest BCUT2D eigenvalue weighted by atomic mass is 9.95. The van der Waals surface area contributed by atoms with Gasteiger partial charge in [-0.3, -0.25) is 0 Å². The average molecular weight is 660 g/mol. The van der Waals surface area contributed by atoms with Gasteiger partial charge in [-0.2, -0.15) is 0 Å². The van der Waals surface area contributed by atoms with Gasteiger partial charge in [0.1, 0.15) is 18.2 Å². The van der Waals surface area contributed by atoms with Gasteiger partial charge in [-0.15, -0.1) is 0 Å². The molecule has 0 saturated heterocycles. The highest BCUT2D eigenvalue weighted by Crippen LogP contribution is 2.43. The topological polar surface area (TPSA) is 69.9 Å². The summed E-state index contributed by atoms with van der Waals surface area (Å²) in [5, 5.41) is 10.0. The number of methoxy groups -OCH3 is 1. The molecule has 252 valence electrons. The van der Waals surface area contributed by atoms with E-state index in [4.69, 9.17) is 13.9 Å². The normalized spacial score (nSPS) is 12.7. The summed E-state index contributed by atoms with van der Waals surface area (Å²) < 4.78 is 34.6.